The van der Waals surface area contributed by atoms with Gasteiger partial charge in [0.1, 0.15) is 12.4 Å². The van der Waals surface area contributed by atoms with E-state index in [-0.39, 0.29) is 18.4 Å². The Morgan fingerprint density at radius 3 is 2.91 bits per heavy atom. The van der Waals surface area contributed by atoms with Crippen molar-refractivity contribution in [2.45, 2.75) is 13.0 Å². The Hall–Kier alpha value is -3.63. The van der Waals surface area contributed by atoms with E-state index in [4.69, 9.17) is 16.3 Å². The van der Waals surface area contributed by atoms with Crippen LogP contribution in [-0.4, -0.2) is 65.3 Å². The lowest BCUT2D eigenvalue weighted by molar-refractivity contribution is -0.122. The highest BCUT2D eigenvalue weighted by atomic mass is 35.5. The number of rotatable bonds is 9. The van der Waals surface area contributed by atoms with Gasteiger partial charge in [0.15, 0.2) is 0 Å². The van der Waals surface area contributed by atoms with E-state index < -0.39 is 0 Å². The monoisotopic (exact) mass is 483 g/mol. The quantitative estimate of drug-likeness (QED) is 0.401. The number of likely N-dealkylation sites (N-methyl/N-ethyl adjacent to an activating group) is 1. The van der Waals surface area contributed by atoms with Crippen molar-refractivity contribution in [2.75, 3.05) is 44.5 Å². The smallest absolute Gasteiger partial charge is 0.255 e. The first-order chi connectivity index (χ1) is 16.4. The number of methoxy groups -OCH3 is 1. The maximum absolute atomic E-state index is 12.8. The summed E-state index contributed by atoms with van der Waals surface area (Å²) >= 11 is 6.39. The number of fused-ring (bicyclic) bond motifs is 1. The predicted octanol–water partition coefficient (Wildman–Crippen LogP) is 2.81. The Morgan fingerprint density at radius 1 is 1.24 bits per heavy atom. The Bertz CT molecular complexity index is 1200. The third-order valence-corrected chi connectivity index (χ3v) is 5.69. The molecule has 3 aromatic rings. The molecular weight excluding hydrogens is 458 g/mol. The molecule has 0 radical (unpaired) electrons. The molecule has 0 spiro atoms. The molecule has 0 fully saturated rings. The normalized spacial score (nSPS) is 12.9. The van der Waals surface area contributed by atoms with Crippen LogP contribution in [0.3, 0.4) is 0 Å². The molecule has 178 valence electrons. The van der Waals surface area contributed by atoms with E-state index in [1.54, 1.807) is 37.5 Å². The van der Waals surface area contributed by atoms with Crippen LogP contribution in [0.15, 0.2) is 42.9 Å². The standard InChI is InChI=1S/C23H26ClN7O3/c1-30-8-6-15-4-3-5-18(22(15)23(30)33)29-19-10-20(26-12-17(19)24)28-16-11-27-31(13-16)14-21(32)25-7-9-34-2/h3-5,10-13H,6-9,14H2,1-2H3,(H,25,32)(H2,26,28,29). The van der Waals surface area contributed by atoms with Gasteiger partial charge >= 0.3 is 0 Å². The van der Waals surface area contributed by atoms with Gasteiger partial charge in [0, 0.05) is 39.5 Å². The van der Waals surface area contributed by atoms with Crippen LogP contribution in [0.25, 0.3) is 0 Å². The first kappa shape index (κ1) is 23.5. The molecule has 11 heteroatoms. The van der Waals surface area contributed by atoms with E-state index in [0.29, 0.717) is 53.2 Å². The molecule has 3 N–H and O–H groups in total. The van der Waals surface area contributed by atoms with Gasteiger partial charge < -0.3 is 25.6 Å². The third-order valence-electron chi connectivity index (χ3n) is 5.39. The predicted molar refractivity (Wildman–Crippen MR) is 130 cm³/mol. The van der Waals surface area contributed by atoms with Crippen LogP contribution in [0, 0.1) is 0 Å². The van der Waals surface area contributed by atoms with Crippen molar-refractivity contribution in [2.24, 2.45) is 0 Å². The van der Waals surface area contributed by atoms with E-state index >= 15 is 0 Å². The number of ether oxygens (including phenoxy) is 1. The zero-order chi connectivity index (χ0) is 24.1. The highest BCUT2D eigenvalue weighted by Crippen LogP contribution is 2.32. The van der Waals surface area contributed by atoms with Crippen molar-refractivity contribution in [3.05, 3.63) is 59.0 Å². The van der Waals surface area contributed by atoms with Gasteiger partial charge in [-0.1, -0.05) is 23.7 Å². The minimum Gasteiger partial charge on any atom is -0.383 e. The molecule has 0 aliphatic carbocycles. The fourth-order valence-electron chi connectivity index (χ4n) is 3.65. The number of benzene rings is 1. The molecule has 4 rings (SSSR count). The summed E-state index contributed by atoms with van der Waals surface area (Å²) in [6, 6.07) is 7.52. The summed E-state index contributed by atoms with van der Waals surface area (Å²) in [7, 11) is 3.38. The molecule has 0 bridgehead atoms. The number of anilines is 4. The number of hydrogen-bond donors (Lipinski definition) is 3. The lowest BCUT2D eigenvalue weighted by atomic mass is 9.97. The molecule has 1 aliphatic rings. The van der Waals surface area contributed by atoms with Crippen LogP contribution in [-0.2, 0) is 22.5 Å². The molecule has 1 aliphatic heterocycles. The Kier molecular flexibility index (Phi) is 7.29. The number of aromatic nitrogens is 3. The maximum Gasteiger partial charge on any atom is 0.255 e. The van der Waals surface area contributed by atoms with Crippen LogP contribution >= 0.6 is 11.6 Å². The van der Waals surface area contributed by atoms with E-state index in [2.05, 4.69) is 26.0 Å². The lowest BCUT2D eigenvalue weighted by Crippen LogP contribution is -2.34. The molecule has 0 saturated heterocycles. The second kappa shape index (κ2) is 10.5. The van der Waals surface area contributed by atoms with Crippen LogP contribution in [0.4, 0.5) is 22.9 Å². The van der Waals surface area contributed by atoms with Gasteiger partial charge in [-0.15, -0.1) is 0 Å². The Balaban J connectivity index is 1.47. The molecule has 0 saturated carbocycles. The minimum atomic E-state index is -0.158. The van der Waals surface area contributed by atoms with Crippen LogP contribution in [0.5, 0.6) is 0 Å². The van der Waals surface area contributed by atoms with Crippen LogP contribution in [0.2, 0.25) is 5.02 Å². The zero-order valence-corrected chi connectivity index (χ0v) is 19.7. The van der Waals surface area contributed by atoms with E-state index in [1.165, 1.54) is 10.9 Å². The minimum absolute atomic E-state index is 0.0217. The Morgan fingerprint density at radius 2 is 2.09 bits per heavy atom. The summed E-state index contributed by atoms with van der Waals surface area (Å²) in [5.74, 6) is 0.352. The molecule has 2 amide bonds. The number of nitrogens with zero attached hydrogens (tertiary/aromatic N) is 4. The van der Waals surface area contributed by atoms with Crippen molar-refractivity contribution in [1.82, 2.24) is 25.0 Å². The van der Waals surface area contributed by atoms with Gasteiger partial charge in [-0.05, 0) is 18.1 Å². The molecule has 0 unspecified atom stereocenters. The molecule has 34 heavy (non-hydrogen) atoms. The maximum atomic E-state index is 12.8. The van der Waals surface area contributed by atoms with Gasteiger partial charge in [-0.25, -0.2) is 4.98 Å². The van der Waals surface area contributed by atoms with Crippen molar-refractivity contribution < 1.29 is 14.3 Å². The SMILES string of the molecule is COCCNC(=O)Cn1cc(Nc2cc(Nc3cccc4c3C(=O)N(C)CC4)c(Cl)cn2)cn1. The summed E-state index contributed by atoms with van der Waals surface area (Å²) in [6.45, 7) is 1.68. The molecule has 2 aromatic heterocycles. The number of carbonyl (C=O) groups is 2. The summed E-state index contributed by atoms with van der Waals surface area (Å²) in [4.78, 5) is 30.7. The van der Waals surface area contributed by atoms with Gasteiger partial charge in [-0.3, -0.25) is 14.3 Å². The second-order valence-corrected chi connectivity index (χ2v) is 8.29. The van der Waals surface area contributed by atoms with Gasteiger partial charge in [0.25, 0.3) is 5.91 Å². The van der Waals surface area contributed by atoms with Gasteiger partial charge in [-0.2, -0.15) is 5.10 Å². The van der Waals surface area contributed by atoms with E-state index in [9.17, 15) is 9.59 Å². The molecule has 10 nitrogen and oxygen atoms in total. The first-order valence-electron chi connectivity index (χ1n) is 10.8. The van der Waals surface area contributed by atoms with E-state index in [1.807, 2.05) is 18.2 Å². The van der Waals surface area contributed by atoms with Crippen molar-refractivity contribution >= 4 is 46.3 Å². The van der Waals surface area contributed by atoms with Gasteiger partial charge in [0.05, 0.1) is 46.6 Å². The average molecular weight is 484 g/mol. The van der Waals surface area contributed by atoms with Crippen LogP contribution < -0.4 is 16.0 Å². The fraction of sp³-hybridized carbons (Fsp3) is 0.304. The second-order valence-electron chi connectivity index (χ2n) is 7.89. The number of pyridine rings is 1. The third kappa shape index (κ3) is 5.46. The Labute approximate surface area is 202 Å². The summed E-state index contributed by atoms with van der Waals surface area (Å²) in [6.07, 6.45) is 5.65. The van der Waals surface area contributed by atoms with Gasteiger partial charge in [0.2, 0.25) is 5.91 Å². The molecule has 0 atom stereocenters. The highest BCUT2D eigenvalue weighted by Gasteiger charge is 2.24. The number of amides is 2. The number of halogens is 1. The number of hydrogen-bond acceptors (Lipinski definition) is 7. The molecule has 3 heterocycles. The summed E-state index contributed by atoms with van der Waals surface area (Å²) < 4.78 is 6.44. The first-order valence-corrected chi connectivity index (χ1v) is 11.2. The van der Waals surface area contributed by atoms with Crippen molar-refractivity contribution in [1.29, 1.82) is 0 Å². The summed E-state index contributed by atoms with van der Waals surface area (Å²) in [5.41, 5.74) is 3.64. The lowest BCUT2D eigenvalue weighted by Gasteiger charge is -2.27. The fourth-order valence-corrected chi connectivity index (χ4v) is 3.80. The average Bonchev–Trinajstić information content (AvgIpc) is 3.25. The molecular formula is C23H26ClN7O3. The zero-order valence-electron chi connectivity index (χ0n) is 19.0. The van der Waals surface area contributed by atoms with E-state index in [0.717, 1.165) is 12.0 Å². The topological polar surface area (TPSA) is 113 Å². The van der Waals surface area contributed by atoms with Crippen molar-refractivity contribution in [3.63, 3.8) is 0 Å². The largest absolute Gasteiger partial charge is 0.383 e. The highest BCUT2D eigenvalue weighted by molar-refractivity contribution is 6.33. The number of nitrogens with one attached hydrogen (secondary N) is 3. The number of carbonyl (C=O) groups excluding carboxylic acids is 2. The van der Waals surface area contributed by atoms with Crippen molar-refractivity contribution in [3.8, 4) is 0 Å². The van der Waals surface area contributed by atoms with Crippen LogP contribution in [0.1, 0.15) is 15.9 Å². The molecule has 1 aromatic carbocycles. The summed E-state index contributed by atoms with van der Waals surface area (Å²) in [5, 5.41) is 13.8.